The fraction of sp³-hybridized carbons (Fsp3) is 0.571. The van der Waals surface area contributed by atoms with Crippen LogP contribution in [0.3, 0.4) is 0 Å². The van der Waals surface area contributed by atoms with Gasteiger partial charge in [0.25, 0.3) is 0 Å². The molecule has 0 spiro atoms. The van der Waals surface area contributed by atoms with Gasteiger partial charge in [0.2, 0.25) is 0 Å². The molecule has 0 aliphatic carbocycles. The van der Waals surface area contributed by atoms with E-state index in [1.807, 2.05) is 25.2 Å². The molecule has 0 saturated carbocycles. The summed E-state index contributed by atoms with van der Waals surface area (Å²) in [6.45, 7) is 6.75. The molecular formula is C14H21Cl2N. The van der Waals surface area contributed by atoms with Crippen LogP contribution in [0.2, 0.25) is 10.0 Å². The molecule has 1 aromatic rings. The fourth-order valence-electron chi connectivity index (χ4n) is 1.97. The first-order chi connectivity index (χ1) is 7.81. The van der Waals surface area contributed by atoms with Crippen LogP contribution in [0.1, 0.15) is 32.8 Å². The molecule has 96 valence electrons. The fourth-order valence-corrected chi connectivity index (χ4v) is 2.45. The second kappa shape index (κ2) is 6.08. The van der Waals surface area contributed by atoms with Gasteiger partial charge in [-0.1, -0.05) is 50.0 Å². The number of hydrogen-bond donors (Lipinski definition) is 1. The van der Waals surface area contributed by atoms with Gasteiger partial charge in [-0.25, -0.2) is 0 Å². The van der Waals surface area contributed by atoms with Gasteiger partial charge in [0.05, 0.1) is 0 Å². The highest BCUT2D eigenvalue weighted by Crippen LogP contribution is 2.26. The minimum absolute atomic E-state index is 0.312. The predicted octanol–water partition coefficient (Wildman–Crippen LogP) is 4.56. The van der Waals surface area contributed by atoms with Crippen molar-refractivity contribution in [3.63, 3.8) is 0 Å². The maximum atomic E-state index is 6.19. The molecular weight excluding hydrogens is 253 g/mol. The van der Waals surface area contributed by atoms with E-state index in [1.54, 1.807) is 0 Å². The Morgan fingerprint density at radius 3 is 2.35 bits per heavy atom. The quantitative estimate of drug-likeness (QED) is 0.848. The lowest BCUT2D eigenvalue weighted by atomic mass is 9.86. The first kappa shape index (κ1) is 14.8. The molecule has 1 aromatic carbocycles. The van der Waals surface area contributed by atoms with Crippen LogP contribution < -0.4 is 5.32 Å². The highest BCUT2D eigenvalue weighted by molar-refractivity contribution is 6.35. The summed E-state index contributed by atoms with van der Waals surface area (Å²) in [5, 5.41) is 4.80. The third kappa shape index (κ3) is 5.29. The Balaban J connectivity index is 2.74. The first-order valence-corrected chi connectivity index (χ1v) is 6.68. The van der Waals surface area contributed by atoms with Crippen molar-refractivity contribution < 1.29 is 0 Å². The molecule has 0 heterocycles. The van der Waals surface area contributed by atoms with Gasteiger partial charge in [-0.2, -0.15) is 0 Å². The van der Waals surface area contributed by atoms with Crippen molar-refractivity contribution >= 4 is 23.2 Å². The molecule has 0 aliphatic heterocycles. The average Bonchev–Trinajstić information content (AvgIpc) is 2.19. The Kier molecular flexibility index (Phi) is 5.30. The third-order valence-electron chi connectivity index (χ3n) is 2.75. The van der Waals surface area contributed by atoms with Gasteiger partial charge in [-0.05, 0) is 43.0 Å². The normalized spacial score (nSPS) is 13.8. The van der Waals surface area contributed by atoms with Crippen LogP contribution in [-0.2, 0) is 6.42 Å². The molecule has 1 nitrogen and oxygen atoms in total. The SMILES string of the molecule is CNC(Cc1ccc(Cl)cc1Cl)CC(C)(C)C. The smallest absolute Gasteiger partial charge is 0.0453 e. The van der Waals surface area contributed by atoms with E-state index in [0.717, 1.165) is 23.4 Å². The van der Waals surface area contributed by atoms with Crippen LogP contribution in [0.5, 0.6) is 0 Å². The summed E-state index contributed by atoms with van der Waals surface area (Å²) in [6, 6.07) is 6.15. The van der Waals surface area contributed by atoms with Gasteiger partial charge in [0.15, 0.2) is 0 Å². The van der Waals surface area contributed by atoms with Crippen molar-refractivity contribution in [2.24, 2.45) is 5.41 Å². The van der Waals surface area contributed by atoms with Gasteiger partial charge >= 0.3 is 0 Å². The number of rotatable bonds is 4. The van der Waals surface area contributed by atoms with Crippen molar-refractivity contribution in [3.8, 4) is 0 Å². The number of nitrogens with one attached hydrogen (secondary N) is 1. The molecule has 3 heteroatoms. The van der Waals surface area contributed by atoms with Crippen molar-refractivity contribution in [1.29, 1.82) is 0 Å². The van der Waals surface area contributed by atoms with Crippen molar-refractivity contribution in [3.05, 3.63) is 33.8 Å². The van der Waals surface area contributed by atoms with E-state index >= 15 is 0 Å². The van der Waals surface area contributed by atoms with E-state index in [2.05, 4.69) is 26.1 Å². The Labute approximate surface area is 115 Å². The summed E-state index contributed by atoms with van der Waals surface area (Å²) in [5.41, 5.74) is 1.46. The molecule has 0 radical (unpaired) electrons. The van der Waals surface area contributed by atoms with E-state index in [9.17, 15) is 0 Å². The summed E-state index contributed by atoms with van der Waals surface area (Å²) in [5.74, 6) is 0. The molecule has 0 aliphatic rings. The lowest BCUT2D eigenvalue weighted by Crippen LogP contribution is -2.32. The molecule has 1 rings (SSSR count). The standard InChI is InChI=1S/C14H21Cl2N/c1-14(2,3)9-12(17-4)7-10-5-6-11(15)8-13(10)16/h5-6,8,12,17H,7,9H2,1-4H3. The van der Waals surface area contributed by atoms with Gasteiger partial charge < -0.3 is 5.32 Å². The van der Waals surface area contributed by atoms with Gasteiger partial charge in [-0.15, -0.1) is 0 Å². The Morgan fingerprint density at radius 2 is 1.88 bits per heavy atom. The summed E-state index contributed by atoms with van der Waals surface area (Å²) < 4.78 is 0. The van der Waals surface area contributed by atoms with Gasteiger partial charge in [-0.3, -0.25) is 0 Å². The van der Waals surface area contributed by atoms with Gasteiger partial charge in [0, 0.05) is 16.1 Å². The van der Waals surface area contributed by atoms with Crippen molar-refractivity contribution in [2.75, 3.05) is 7.05 Å². The summed E-state index contributed by atoms with van der Waals surface area (Å²) in [4.78, 5) is 0. The van der Waals surface area contributed by atoms with Crippen LogP contribution in [0.4, 0.5) is 0 Å². The van der Waals surface area contributed by atoms with Crippen LogP contribution in [-0.4, -0.2) is 13.1 Å². The highest BCUT2D eigenvalue weighted by Gasteiger charge is 2.18. The molecule has 0 bridgehead atoms. The largest absolute Gasteiger partial charge is 0.317 e. The Morgan fingerprint density at radius 1 is 1.24 bits per heavy atom. The third-order valence-corrected chi connectivity index (χ3v) is 3.34. The Bertz CT molecular complexity index is 369. The highest BCUT2D eigenvalue weighted by atomic mass is 35.5. The van der Waals surface area contributed by atoms with Crippen LogP contribution in [0.25, 0.3) is 0 Å². The zero-order chi connectivity index (χ0) is 13.1. The predicted molar refractivity (Wildman–Crippen MR) is 77.1 cm³/mol. The summed E-state index contributed by atoms with van der Waals surface area (Å²) in [7, 11) is 2.00. The first-order valence-electron chi connectivity index (χ1n) is 5.93. The van der Waals surface area contributed by atoms with Crippen LogP contribution in [0.15, 0.2) is 18.2 Å². The number of benzene rings is 1. The van der Waals surface area contributed by atoms with Gasteiger partial charge in [0.1, 0.15) is 0 Å². The van der Waals surface area contributed by atoms with E-state index in [4.69, 9.17) is 23.2 Å². The molecule has 0 saturated heterocycles. The topological polar surface area (TPSA) is 12.0 Å². The van der Waals surface area contributed by atoms with E-state index in [0.29, 0.717) is 16.5 Å². The maximum Gasteiger partial charge on any atom is 0.0453 e. The zero-order valence-corrected chi connectivity index (χ0v) is 12.5. The van der Waals surface area contributed by atoms with E-state index in [-0.39, 0.29) is 0 Å². The molecule has 1 unspecified atom stereocenters. The lowest BCUT2D eigenvalue weighted by molar-refractivity contribution is 0.316. The molecule has 17 heavy (non-hydrogen) atoms. The second-order valence-corrected chi connectivity index (χ2v) is 6.53. The molecule has 1 N–H and O–H groups in total. The van der Waals surface area contributed by atoms with Crippen LogP contribution >= 0.6 is 23.2 Å². The Hall–Kier alpha value is -0.240. The van der Waals surface area contributed by atoms with Crippen LogP contribution in [0, 0.1) is 5.41 Å². The minimum Gasteiger partial charge on any atom is -0.317 e. The number of halogens is 2. The zero-order valence-electron chi connectivity index (χ0n) is 11.0. The lowest BCUT2D eigenvalue weighted by Gasteiger charge is -2.26. The number of likely N-dealkylation sites (N-methyl/N-ethyl adjacent to an activating group) is 1. The van der Waals surface area contributed by atoms with E-state index < -0.39 is 0 Å². The monoisotopic (exact) mass is 273 g/mol. The van der Waals surface area contributed by atoms with Crippen molar-refractivity contribution in [2.45, 2.75) is 39.7 Å². The number of hydrogen-bond acceptors (Lipinski definition) is 1. The summed E-state index contributed by atoms with van der Waals surface area (Å²) >= 11 is 12.1. The average molecular weight is 274 g/mol. The molecule has 0 fully saturated rings. The van der Waals surface area contributed by atoms with E-state index in [1.165, 1.54) is 0 Å². The minimum atomic E-state index is 0.312. The maximum absolute atomic E-state index is 6.19. The molecule has 0 aromatic heterocycles. The molecule has 0 amide bonds. The summed E-state index contributed by atoms with van der Waals surface area (Å²) in [6.07, 6.45) is 2.05. The molecule has 1 atom stereocenters. The second-order valence-electron chi connectivity index (χ2n) is 5.69. The van der Waals surface area contributed by atoms with Crippen molar-refractivity contribution in [1.82, 2.24) is 5.32 Å².